The van der Waals surface area contributed by atoms with Crippen LogP contribution in [0, 0.1) is 0 Å². The Kier molecular flexibility index (Phi) is 3.67. The summed E-state index contributed by atoms with van der Waals surface area (Å²) in [4.78, 5) is 2.29. The number of nitrogens with two attached hydrogens (primary N) is 1. The minimum atomic E-state index is 0.685. The van der Waals surface area contributed by atoms with Gasteiger partial charge in [-0.3, -0.25) is 0 Å². The summed E-state index contributed by atoms with van der Waals surface area (Å²) in [5.41, 5.74) is 8.14. The van der Waals surface area contributed by atoms with Gasteiger partial charge in [0.25, 0.3) is 0 Å². The van der Waals surface area contributed by atoms with Crippen molar-refractivity contribution < 1.29 is 4.74 Å². The smallest absolute Gasteiger partial charge is 0.142 e. The number of fused-ring (bicyclic) bond motifs is 1. The van der Waals surface area contributed by atoms with Gasteiger partial charge in [-0.25, -0.2) is 0 Å². The molecule has 0 radical (unpaired) electrons. The van der Waals surface area contributed by atoms with Crippen LogP contribution >= 0.6 is 0 Å². The summed E-state index contributed by atoms with van der Waals surface area (Å²) in [5, 5.41) is 0. The van der Waals surface area contributed by atoms with Crippen LogP contribution in [0.15, 0.2) is 18.2 Å². The molecule has 3 nitrogen and oxygen atoms in total. The first-order valence-corrected chi connectivity index (χ1v) is 5.99. The zero-order valence-corrected chi connectivity index (χ0v) is 9.91. The largest absolute Gasteiger partial charge is 0.491 e. The van der Waals surface area contributed by atoms with Crippen LogP contribution < -0.4 is 15.4 Å². The van der Waals surface area contributed by atoms with Gasteiger partial charge in [0, 0.05) is 13.6 Å². The number of aryl methyl sites for hydroxylation is 1. The number of anilines is 1. The van der Waals surface area contributed by atoms with E-state index in [4.69, 9.17) is 10.5 Å². The quantitative estimate of drug-likeness (QED) is 0.786. The Labute approximate surface area is 97.2 Å². The van der Waals surface area contributed by atoms with Gasteiger partial charge in [-0.1, -0.05) is 12.1 Å². The van der Waals surface area contributed by atoms with E-state index in [0.29, 0.717) is 13.2 Å². The summed E-state index contributed by atoms with van der Waals surface area (Å²) in [6.07, 6.45) is 3.30. The Morgan fingerprint density at radius 3 is 3.12 bits per heavy atom. The van der Waals surface area contributed by atoms with E-state index < -0.39 is 0 Å². The van der Waals surface area contributed by atoms with Gasteiger partial charge in [-0.15, -0.1) is 0 Å². The Morgan fingerprint density at radius 1 is 1.44 bits per heavy atom. The van der Waals surface area contributed by atoms with E-state index in [1.165, 1.54) is 17.7 Å². The van der Waals surface area contributed by atoms with E-state index in [2.05, 4.69) is 30.1 Å². The molecule has 0 bridgehead atoms. The topological polar surface area (TPSA) is 38.5 Å². The normalized spacial score (nSPS) is 14.8. The molecule has 0 saturated heterocycles. The summed E-state index contributed by atoms with van der Waals surface area (Å²) >= 11 is 0. The van der Waals surface area contributed by atoms with Gasteiger partial charge in [0.2, 0.25) is 0 Å². The number of benzene rings is 1. The lowest BCUT2D eigenvalue weighted by Gasteiger charge is -2.29. The highest BCUT2D eigenvalue weighted by molar-refractivity contribution is 5.64. The van der Waals surface area contributed by atoms with E-state index in [9.17, 15) is 0 Å². The molecule has 0 unspecified atom stereocenters. The third-order valence-corrected chi connectivity index (χ3v) is 3.01. The molecule has 0 spiro atoms. The van der Waals surface area contributed by atoms with E-state index in [-0.39, 0.29) is 0 Å². The van der Waals surface area contributed by atoms with Gasteiger partial charge in [-0.2, -0.15) is 0 Å². The molecule has 1 aromatic rings. The van der Waals surface area contributed by atoms with Gasteiger partial charge in [0.1, 0.15) is 5.75 Å². The van der Waals surface area contributed by atoms with Crippen molar-refractivity contribution in [1.29, 1.82) is 0 Å². The molecule has 1 aliphatic heterocycles. The van der Waals surface area contributed by atoms with E-state index in [0.717, 1.165) is 25.1 Å². The molecular weight excluding hydrogens is 200 g/mol. The molecule has 0 aromatic heterocycles. The van der Waals surface area contributed by atoms with Crippen molar-refractivity contribution in [1.82, 2.24) is 0 Å². The van der Waals surface area contributed by atoms with E-state index >= 15 is 0 Å². The van der Waals surface area contributed by atoms with Crippen LogP contribution in [0.2, 0.25) is 0 Å². The van der Waals surface area contributed by atoms with Crippen LogP contribution in [0.4, 0.5) is 5.69 Å². The first-order chi connectivity index (χ1) is 7.83. The second kappa shape index (κ2) is 5.21. The molecule has 1 heterocycles. The van der Waals surface area contributed by atoms with Crippen LogP contribution in [-0.4, -0.2) is 26.7 Å². The van der Waals surface area contributed by atoms with Gasteiger partial charge >= 0.3 is 0 Å². The molecule has 3 heteroatoms. The third-order valence-electron chi connectivity index (χ3n) is 3.01. The van der Waals surface area contributed by atoms with Crippen molar-refractivity contribution in [3.8, 4) is 5.75 Å². The molecule has 16 heavy (non-hydrogen) atoms. The van der Waals surface area contributed by atoms with Crippen LogP contribution in [0.5, 0.6) is 5.75 Å². The minimum absolute atomic E-state index is 0.685. The average Bonchev–Trinajstić information content (AvgIpc) is 2.30. The number of rotatable bonds is 4. The Bertz CT molecular complexity index is 352. The predicted molar refractivity (Wildman–Crippen MR) is 67.2 cm³/mol. The van der Waals surface area contributed by atoms with Crippen molar-refractivity contribution in [2.45, 2.75) is 19.3 Å². The molecule has 2 N–H and O–H groups in total. The summed E-state index contributed by atoms with van der Waals surface area (Å²) in [6, 6.07) is 6.33. The maximum atomic E-state index is 5.79. The zero-order chi connectivity index (χ0) is 11.4. The van der Waals surface area contributed by atoms with Crippen LogP contribution in [-0.2, 0) is 6.42 Å². The Hall–Kier alpha value is -1.22. The number of hydrogen-bond donors (Lipinski definition) is 1. The lowest BCUT2D eigenvalue weighted by Crippen LogP contribution is -2.25. The van der Waals surface area contributed by atoms with Crippen molar-refractivity contribution >= 4 is 5.69 Å². The van der Waals surface area contributed by atoms with E-state index in [1.54, 1.807) is 0 Å². The Balaban J connectivity index is 2.17. The molecule has 0 aliphatic carbocycles. The molecule has 1 aliphatic rings. The monoisotopic (exact) mass is 220 g/mol. The molecule has 88 valence electrons. The fourth-order valence-corrected chi connectivity index (χ4v) is 2.20. The van der Waals surface area contributed by atoms with Crippen molar-refractivity contribution in [2.75, 3.05) is 31.6 Å². The molecular formula is C13H20N2O. The summed E-state index contributed by atoms with van der Waals surface area (Å²) in [6.45, 7) is 2.51. The summed E-state index contributed by atoms with van der Waals surface area (Å²) in [5.74, 6) is 1.01. The highest BCUT2D eigenvalue weighted by atomic mass is 16.5. The van der Waals surface area contributed by atoms with Gasteiger partial charge in [-0.05, 0) is 37.4 Å². The van der Waals surface area contributed by atoms with Crippen molar-refractivity contribution in [3.63, 3.8) is 0 Å². The van der Waals surface area contributed by atoms with Gasteiger partial charge in [0.05, 0.1) is 12.3 Å². The SMILES string of the molecule is CN1CCCc2cccc(OCCCN)c21. The number of para-hydroxylation sites is 1. The highest BCUT2D eigenvalue weighted by Gasteiger charge is 2.17. The maximum Gasteiger partial charge on any atom is 0.142 e. The van der Waals surface area contributed by atoms with E-state index in [1.807, 2.05) is 0 Å². The second-order valence-electron chi connectivity index (χ2n) is 4.28. The Morgan fingerprint density at radius 2 is 2.31 bits per heavy atom. The molecule has 0 amide bonds. The first-order valence-electron chi connectivity index (χ1n) is 5.99. The molecule has 0 atom stereocenters. The standard InChI is InChI=1S/C13H20N2O/c1-15-9-3-6-11-5-2-7-12(13(11)15)16-10-4-8-14/h2,5,7H,3-4,6,8-10,14H2,1H3. The fraction of sp³-hybridized carbons (Fsp3) is 0.538. The van der Waals surface area contributed by atoms with Crippen LogP contribution in [0.25, 0.3) is 0 Å². The molecule has 0 fully saturated rings. The summed E-state index contributed by atoms with van der Waals surface area (Å²) < 4.78 is 5.79. The highest BCUT2D eigenvalue weighted by Crippen LogP contribution is 2.35. The van der Waals surface area contributed by atoms with Gasteiger partial charge in [0.15, 0.2) is 0 Å². The number of nitrogens with zero attached hydrogens (tertiary/aromatic N) is 1. The lowest BCUT2D eigenvalue weighted by molar-refractivity contribution is 0.313. The minimum Gasteiger partial charge on any atom is -0.491 e. The molecule has 0 saturated carbocycles. The maximum absolute atomic E-state index is 5.79. The summed E-state index contributed by atoms with van der Waals surface area (Å²) in [7, 11) is 2.13. The first kappa shape index (κ1) is 11.3. The van der Waals surface area contributed by atoms with Crippen molar-refractivity contribution in [3.05, 3.63) is 23.8 Å². The molecule has 1 aromatic carbocycles. The number of hydrogen-bond acceptors (Lipinski definition) is 3. The van der Waals surface area contributed by atoms with Crippen molar-refractivity contribution in [2.24, 2.45) is 5.73 Å². The van der Waals surface area contributed by atoms with Gasteiger partial charge < -0.3 is 15.4 Å². The lowest BCUT2D eigenvalue weighted by atomic mass is 10.0. The second-order valence-corrected chi connectivity index (χ2v) is 4.28. The zero-order valence-electron chi connectivity index (χ0n) is 9.91. The third kappa shape index (κ3) is 2.30. The average molecular weight is 220 g/mol. The fourth-order valence-electron chi connectivity index (χ4n) is 2.20. The number of ether oxygens (including phenoxy) is 1. The van der Waals surface area contributed by atoms with Crippen LogP contribution in [0.3, 0.4) is 0 Å². The van der Waals surface area contributed by atoms with Crippen LogP contribution in [0.1, 0.15) is 18.4 Å². The predicted octanol–water partition coefficient (Wildman–Crippen LogP) is 1.80. The molecule has 2 rings (SSSR count).